The first-order valence-corrected chi connectivity index (χ1v) is 9.86. The van der Waals surface area contributed by atoms with Gasteiger partial charge in [-0.25, -0.2) is 0 Å². The summed E-state index contributed by atoms with van der Waals surface area (Å²) in [7, 11) is 3.68. The van der Waals surface area contributed by atoms with Gasteiger partial charge in [-0.3, -0.25) is 14.2 Å². The topological polar surface area (TPSA) is 102 Å². The van der Waals surface area contributed by atoms with Crippen molar-refractivity contribution in [3.8, 4) is 11.3 Å². The molecular weight excluding hydrogens is 372 g/mol. The molecule has 2 fully saturated rings. The highest BCUT2D eigenvalue weighted by molar-refractivity contribution is 5.94. The Labute approximate surface area is 167 Å². The molecule has 5 rings (SSSR count). The van der Waals surface area contributed by atoms with Crippen LogP contribution in [0.25, 0.3) is 11.3 Å². The Bertz CT molecular complexity index is 1070. The lowest BCUT2D eigenvalue weighted by molar-refractivity contribution is -0.0532. The Morgan fingerprint density at radius 3 is 2.59 bits per heavy atom. The molecule has 2 aliphatic rings. The van der Waals surface area contributed by atoms with E-state index >= 15 is 0 Å². The molecular formula is C20H24N6O3. The minimum absolute atomic E-state index is 0.0265. The van der Waals surface area contributed by atoms with Crippen LogP contribution in [0.4, 0.5) is 0 Å². The third kappa shape index (κ3) is 2.79. The molecule has 0 aromatic carbocycles. The Morgan fingerprint density at radius 2 is 2.00 bits per heavy atom. The summed E-state index contributed by atoms with van der Waals surface area (Å²) in [6.07, 6.45) is 6.31. The first kappa shape index (κ1) is 18.1. The van der Waals surface area contributed by atoms with Crippen LogP contribution in [0.15, 0.2) is 29.0 Å². The van der Waals surface area contributed by atoms with E-state index in [2.05, 4.69) is 15.4 Å². The maximum absolute atomic E-state index is 13.2. The van der Waals surface area contributed by atoms with Gasteiger partial charge in [-0.2, -0.15) is 10.2 Å². The van der Waals surface area contributed by atoms with Gasteiger partial charge in [0, 0.05) is 57.5 Å². The van der Waals surface area contributed by atoms with Crippen LogP contribution in [-0.2, 0) is 19.7 Å². The number of rotatable bonds is 3. The van der Waals surface area contributed by atoms with Crippen molar-refractivity contribution in [2.45, 2.75) is 50.3 Å². The summed E-state index contributed by atoms with van der Waals surface area (Å²) in [6.45, 7) is 1.89. The Balaban J connectivity index is 1.40. The summed E-state index contributed by atoms with van der Waals surface area (Å²) in [5.74, 6) is 0.399. The number of carbonyl (C=O) groups is 1. The lowest BCUT2D eigenvalue weighted by Gasteiger charge is -2.43. The summed E-state index contributed by atoms with van der Waals surface area (Å²) in [6, 6.07) is 3.49. The zero-order valence-electron chi connectivity index (χ0n) is 16.7. The average Bonchev–Trinajstić information content (AvgIpc) is 3.42. The molecule has 0 aliphatic carbocycles. The van der Waals surface area contributed by atoms with Crippen molar-refractivity contribution in [2.75, 3.05) is 0 Å². The molecule has 0 radical (unpaired) electrons. The summed E-state index contributed by atoms with van der Waals surface area (Å²) in [4.78, 5) is 15.1. The highest BCUT2D eigenvalue weighted by Gasteiger charge is 2.51. The molecule has 0 unspecified atom stereocenters. The van der Waals surface area contributed by atoms with Crippen molar-refractivity contribution in [2.24, 2.45) is 14.1 Å². The zero-order valence-corrected chi connectivity index (χ0v) is 16.7. The van der Waals surface area contributed by atoms with E-state index in [-0.39, 0.29) is 18.0 Å². The van der Waals surface area contributed by atoms with Crippen molar-refractivity contribution < 1.29 is 14.4 Å². The van der Waals surface area contributed by atoms with Crippen LogP contribution < -0.4 is 0 Å². The monoisotopic (exact) mass is 396 g/mol. The van der Waals surface area contributed by atoms with E-state index in [4.69, 9.17) is 4.52 Å². The maximum Gasteiger partial charge on any atom is 0.276 e. The lowest BCUT2D eigenvalue weighted by atomic mass is 9.83. The maximum atomic E-state index is 13.2. The van der Waals surface area contributed by atoms with Crippen LogP contribution in [0.1, 0.15) is 47.6 Å². The van der Waals surface area contributed by atoms with E-state index in [1.54, 1.807) is 21.6 Å². The minimum Gasteiger partial charge on any atom is -0.383 e. The summed E-state index contributed by atoms with van der Waals surface area (Å²) in [5, 5.41) is 23.9. The normalized spacial score (nSPS) is 26.3. The van der Waals surface area contributed by atoms with Gasteiger partial charge in [0.15, 0.2) is 11.5 Å². The second-order valence-corrected chi connectivity index (χ2v) is 8.26. The van der Waals surface area contributed by atoms with Gasteiger partial charge >= 0.3 is 0 Å². The fraction of sp³-hybridized carbons (Fsp3) is 0.500. The molecule has 3 aromatic heterocycles. The van der Waals surface area contributed by atoms with Gasteiger partial charge in [-0.05, 0) is 25.8 Å². The molecule has 2 bridgehead atoms. The molecule has 29 heavy (non-hydrogen) atoms. The molecule has 5 heterocycles. The number of aryl methyl sites for hydroxylation is 3. The molecule has 2 atom stereocenters. The minimum atomic E-state index is -0.963. The summed E-state index contributed by atoms with van der Waals surface area (Å²) >= 11 is 0. The number of amides is 1. The van der Waals surface area contributed by atoms with Gasteiger partial charge in [0.05, 0.1) is 17.0 Å². The molecule has 2 aliphatic heterocycles. The number of hydrogen-bond donors (Lipinski definition) is 1. The first-order chi connectivity index (χ1) is 13.9. The average molecular weight is 396 g/mol. The molecule has 1 amide bonds. The Morgan fingerprint density at radius 1 is 1.28 bits per heavy atom. The van der Waals surface area contributed by atoms with Crippen molar-refractivity contribution >= 4 is 5.91 Å². The van der Waals surface area contributed by atoms with Gasteiger partial charge < -0.3 is 14.5 Å². The largest absolute Gasteiger partial charge is 0.383 e. The van der Waals surface area contributed by atoms with E-state index in [1.807, 2.05) is 38.2 Å². The highest BCUT2D eigenvalue weighted by atomic mass is 16.5. The zero-order chi connectivity index (χ0) is 20.3. The van der Waals surface area contributed by atoms with Gasteiger partial charge in [0.25, 0.3) is 5.91 Å². The lowest BCUT2D eigenvalue weighted by Crippen LogP contribution is -2.52. The van der Waals surface area contributed by atoms with Crippen LogP contribution in [0.5, 0.6) is 0 Å². The number of aliphatic hydroxyl groups is 1. The third-order valence-corrected chi connectivity index (χ3v) is 6.31. The summed E-state index contributed by atoms with van der Waals surface area (Å²) < 4.78 is 8.88. The van der Waals surface area contributed by atoms with Crippen LogP contribution in [0, 0.1) is 6.92 Å². The van der Waals surface area contributed by atoms with Gasteiger partial charge in [0.1, 0.15) is 5.60 Å². The molecule has 3 aromatic rings. The van der Waals surface area contributed by atoms with E-state index in [1.165, 1.54) is 0 Å². The van der Waals surface area contributed by atoms with Crippen LogP contribution in [-0.4, -0.2) is 52.7 Å². The number of aromatic nitrogens is 5. The van der Waals surface area contributed by atoms with E-state index in [0.717, 1.165) is 29.8 Å². The fourth-order valence-corrected chi connectivity index (χ4v) is 5.07. The predicted molar refractivity (Wildman–Crippen MR) is 103 cm³/mol. The number of fused-ring (bicyclic) bond motifs is 2. The molecule has 152 valence electrons. The van der Waals surface area contributed by atoms with Crippen LogP contribution in [0.2, 0.25) is 0 Å². The molecule has 9 nitrogen and oxygen atoms in total. The smallest absolute Gasteiger partial charge is 0.276 e. The molecule has 1 N–H and O–H groups in total. The van der Waals surface area contributed by atoms with Crippen LogP contribution >= 0.6 is 0 Å². The van der Waals surface area contributed by atoms with Crippen molar-refractivity contribution in [3.05, 3.63) is 41.6 Å². The number of piperidine rings is 1. The standard InChI is InChI=1S/C20H24N6O3/c1-12-15(11-24(2)22-12)17-8-16(23-29-17)19(27)26-13-4-5-14(26)10-20(28,9-13)18-6-7-21-25(18)3/h6-8,11,13-14,28H,4-5,9-10H2,1-3H3/t13-,14-/m0/s1. The Hall–Kier alpha value is -2.94. The van der Waals surface area contributed by atoms with Gasteiger partial charge in [-0.15, -0.1) is 0 Å². The third-order valence-electron chi connectivity index (χ3n) is 6.31. The summed E-state index contributed by atoms with van der Waals surface area (Å²) in [5.41, 5.74) is 1.78. The van der Waals surface area contributed by atoms with Crippen molar-refractivity contribution in [1.29, 1.82) is 0 Å². The SMILES string of the molecule is Cc1nn(C)cc1-c1cc(C(=O)N2[C@H]3CC[C@H]2CC(O)(c2ccnn2C)C3)no1. The van der Waals surface area contributed by atoms with Gasteiger partial charge in [0.2, 0.25) is 0 Å². The Kier molecular flexibility index (Phi) is 3.92. The number of carbonyl (C=O) groups excluding carboxylic acids is 1. The second kappa shape index (κ2) is 6.28. The fourth-order valence-electron chi connectivity index (χ4n) is 5.07. The predicted octanol–water partition coefficient (Wildman–Crippen LogP) is 1.77. The van der Waals surface area contributed by atoms with E-state index in [9.17, 15) is 9.90 Å². The molecule has 9 heteroatoms. The highest BCUT2D eigenvalue weighted by Crippen LogP contribution is 2.46. The van der Waals surface area contributed by atoms with Crippen molar-refractivity contribution in [1.82, 2.24) is 29.6 Å². The van der Waals surface area contributed by atoms with Crippen molar-refractivity contribution in [3.63, 3.8) is 0 Å². The first-order valence-electron chi connectivity index (χ1n) is 9.86. The van der Waals surface area contributed by atoms with Gasteiger partial charge in [-0.1, -0.05) is 5.16 Å². The second-order valence-electron chi connectivity index (χ2n) is 8.26. The number of nitrogens with zero attached hydrogens (tertiary/aromatic N) is 6. The number of hydrogen-bond acceptors (Lipinski definition) is 6. The molecule has 0 saturated carbocycles. The van der Waals surface area contributed by atoms with E-state index < -0.39 is 5.60 Å². The van der Waals surface area contributed by atoms with Crippen LogP contribution in [0.3, 0.4) is 0 Å². The van der Waals surface area contributed by atoms with E-state index in [0.29, 0.717) is 24.3 Å². The quantitative estimate of drug-likeness (QED) is 0.724. The molecule has 2 saturated heterocycles. The molecule has 0 spiro atoms.